The lowest BCUT2D eigenvalue weighted by Crippen LogP contribution is -2.27. The van der Waals surface area contributed by atoms with Crippen molar-refractivity contribution in [3.63, 3.8) is 0 Å². The van der Waals surface area contributed by atoms with E-state index in [-0.39, 0.29) is 27.6 Å². The van der Waals surface area contributed by atoms with Crippen LogP contribution in [0, 0.1) is 12.7 Å². The van der Waals surface area contributed by atoms with Gasteiger partial charge >= 0.3 is 0 Å². The van der Waals surface area contributed by atoms with Crippen molar-refractivity contribution in [2.75, 3.05) is 26.2 Å². The first-order chi connectivity index (χ1) is 13.4. The summed E-state index contributed by atoms with van der Waals surface area (Å²) in [4.78, 5) is 14.6. The molecule has 1 amide bonds. The maximum Gasteiger partial charge on any atom is 0.263 e. The third kappa shape index (κ3) is 3.41. The van der Waals surface area contributed by atoms with Gasteiger partial charge in [-0.05, 0) is 31.2 Å². The Morgan fingerprint density at radius 1 is 1.18 bits per heavy atom. The van der Waals surface area contributed by atoms with Crippen LogP contribution in [0.3, 0.4) is 0 Å². The van der Waals surface area contributed by atoms with E-state index in [0.717, 1.165) is 0 Å². The zero-order valence-corrected chi connectivity index (χ0v) is 16.5. The number of nitrogens with zero attached hydrogens (tertiary/aromatic N) is 2. The Bertz CT molecular complexity index is 1010. The minimum atomic E-state index is -0.594. The smallest absolute Gasteiger partial charge is 0.263 e. The molecule has 0 radical (unpaired) electrons. The third-order valence-corrected chi connectivity index (χ3v) is 4.65. The average molecular weight is 405 g/mol. The second-order valence-electron chi connectivity index (χ2n) is 5.96. The molecule has 6 nitrogen and oxygen atoms in total. The third-order valence-electron chi connectivity index (χ3n) is 4.34. The fourth-order valence-electron chi connectivity index (χ4n) is 2.84. The summed E-state index contributed by atoms with van der Waals surface area (Å²) in [6.45, 7) is 1.58. The van der Waals surface area contributed by atoms with Crippen molar-refractivity contribution in [3.8, 4) is 22.8 Å². The van der Waals surface area contributed by atoms with E-state index in [1.165, 1.54) is 37.3 Å². The number of ether oxygens (including phenoxy) is 2. The molecule has 0 fully saturated rings. The molecule has 0 saturated carbocycles. The van der Waals surface area contributed by atoms with Crippen molar-refractivity contribution < 1.29 is 23.2 Å². The van der Waals surface area contributed by atoms with Gasteiger partial charge in [-0.3, -0.25) is 4.79 Å². The first-order valence-corrected chi connectivity index (χ1v) is 8.67. The number of halogens is 2. The van der Waals surface area contributed by atoms with Crippen LogP contribution < -0.4 is 14.4 Å². The Labute approximate surface area is 166 Å². The SMILES string of the molecule is COc1ccc(N(C)C(=O)c2c(-c3c(F)cccc3Cl)noc2C)cc1OC. The van der Waals surface area contributed by atoms with Crippen LogP contribution in [0.4, 0.5) is 10.1 Å². The molecule has 0 atom stereocenters. The highest BCUT2D eigenvalue weighted by Gasteiger charge is 2.28. The second-order valence-corrected chi connectivity index (χ2v) is 6.37. The summed E-state index contributed by atoms with van der Waals surface area (Å²) in [6.07, 6.45) is 0. The van der Waals surface area contributed by atoms with E-state index in [4.69, 9.17) is 25.6 Å². The highest BCUT2D eigenvalue weighted by molar-refractivity contribution is 6.33. The van der Waals surface area contributed by atoms with Crippen LogP contribution in [0.1, 0.15) is 16.1 Å². The number of aromatic nitrogens is 1. The number of carbonyl (C=O) groups is 1. The van der Waals surface area contributed by atoms with E-state index in [1.54, 1.807) is 32.2 Å². The second kappa shape index (κ2) is 7.90. The number of hydrogen-bond donors (Lipinski definition) is 0. The van der Waals surface area contributed by atoms with Crippen LogP contribution in [0.15, 0.2) is 40.9 Å². The number of rotatable bonds is 5. The van der Waals surface area contributed by atoms with Crippen LogP contribution in [0.5, 0.6) is 11.5 Å². The molecule has 0 bridgehead atoms. The van der Waals surface area contributed by atoms with E-state index < -0.39 is 11.7 Å². The molecule has 28 heavy (non-hydrogen) atoms. The standard InChI is InChI=1S/C20H18ClFN2O4/c1-11-17(19(23-28-11)18-13(21)6-5-7-14(18)22)20(25)24(2)12-8-9-15(26-3)16(10-12)27-4/h5-10H,1-4H3. The number of benzene rings is 2. The molecule has 0 unspecified atom stereocenters. The molecule has 3 rings (SSSR count). The van der Waals surface area contributed by atoms with E-state index in [1.807, 2.05) is 0 Å². The number of aryl methyl sites for hydroxylation is 1. The predicted molar refractivity (Wildman–Crippen MR) is 104 cm³/mol. The molecule has 0 N–H and O–H groups in total. The fraction of sp³-hybridized carbons (Fsp3) is 0.200. The van der Waals surface area contributed by atoms with Gasteiger partial charge < -0.3 is 18.9 Å². The molecule has 8 heteroatoms. The number of amides is 1. The molecule has 146 valence electrons. The lowest BCUT2D eigenvalue weighted by Gasteiger charge is -2.19. The Morgan fingerprint density at radius 2 is 1.89 bits per heavy atom. The molecule has 1 aromatic heterocycles. The zero-order valence-electron chi connectivity index (χ0n) is 15.7. The molecule has 2 aromatic carbocycles. The van der Waals surface area contributed by atoms with Gasteiger partial charge in [0.15, 0.2) is 11.5 Å². The molecule has 1 heterocycles. The molecule has 0 aliphatic heterocycles. The minimum Gasteiger partial charge on any atom is -0.493 e. The van der Waals surface area contributed by atoms with Gasteiger partial charge in [0.05, 0.1) is 24.8 Å². The quantitative estimate of drug-likeness (QED) is 0.614. The summed E-state index contributed by atoms with van der Waals surface area (Å²) in [7, 11) is 4.62. The summed E-state index contributed by atoms with van der Waals surface area (Å²) < 4.78 is 30.1. The van der Waals surface area contributed by atoms with Gasteiger partial charge in [0.1, 0.15) is 22.8 Å². The summed E-state index contributed by atoms with van der Waals surface area (Å²) in [5.41, 5.74) is 0.751. The first kappa shape index (κ1) is 19.7. The van der Waals surface area contributed by atoms with Crippen molar-refractivity contribution in [1.29, 1.82) is 0 Å². The lowest BCUT2D eigenvalue weighted by molar-refractivity contribution is 0.0992. The van der Waals surface area contributed by atoms with Crippen molar-refractivity contribution in [1.82, 2.24) is 5.16 Å². The largest absolute Gasteiger partial charge is 0.493 e. The minimum absolute atomic E-state index is 0.0186. The van der Waals surface area contributed by atoms with Crippen molar-refractivity contribution in [2.24, 2.45) is 0 Å². The van der Waals surface area contributed by atoms with Crippen LogP contribution in [0.25, 0.3) is 11.3 Å². The van der Waals surface area contributed by atoms with Crippen LogP contribution in [0.2, 0.25) is 5.02 Å². The van der Waals surface area contributed by atoms with E-state index in [0.29, 0.717) is 17.2 Å². The molecule has 0 spiro atoms. The van der Waals surface area contributed by atoms with E-state index in [2.05, 4.69) is 5.16 Å². The zero-order chi connectivity index (χ0) is 20.4. The predicted octanol–water partition coefficient (Wildman–Crippen LogP) is 4.74. The Kier molecular flexibility index (Phi) is 5.56. The van der Waals surface area contributed by atoms with Crippen LogP contribution >= 0.6 is 11.6 Å². The number of methoxy groups -OCH3 is 2. The fourth-order valence-corrected chi connectivity index (χ4v) is 3.09. The van der Waals surface area contributed by atoms with Gasteiger partial charge in [-0.15, -0.1) is 0 Å². The van der Waals surface area contributed by atoms with E-state index >= 15 is 0 Å². The normalized spacial score (nSPS) is 10.6. The van der Waals surface area contributed by atoms with Gasteiger partial charge in [-0.1, -0.05) is 22.8 Å². The van der Waals surface area contributed by atoms with E-state index in [9.17, 15) is 9.18 Å². The topological polar surface area (TPSA) is 64.8 Å². The highest BCUT2D eigenvalue weighted by Crippen LogP contribution is 2.36. The Morgan fingerprint density at radius 3 is 2.54 bits per heavy atom. The Hall–Kier alpha value is -3.06. The molecular formula is C20H18ClFN2O4. The molecule has 0 aliphatic rings. The van der Waals surface area contributed by atoms with Gasteiger partial charge in [0.25, 0.3) is 5.91 Å². The van der Waals surface area contributed by atoms with Gasteiger partial charge in [-0.2, -0.15) is 0 Å². The maximum absolute atomic E-state index is 14.4. The number of hydrogen-bond acceptors (Lipinski definition) is 5. The maximum atomic E-state index is 14.4. The molecule has 0 aliphatic carbocycles. The van der Waals surface area contributed by atoms with Crippen molar-refractivity contribution in [3.05, 3.63) is 58.6 Å². The number of anilines is 1. The van der Waals surface area contributed by atoms with Gasteiger partial charge in [0, 0.05) is 18.8 Å². The van der Waals surface area contributed by atoms with Crippen LogP contribution in [-0.4, -0.2) is 32.3 Å². The Balaban J connectivity index is 2.06. The van der Waals surface area contributed by atoms with Crippen molar-refractivity contribution >= 4 is 23.2 Å². The molecule has 3 aromatic rings. The average Bonchev–Trinajstić information content (AvgIpc) is 3.07. The van der Waals surface area contributed by atoms with Gasteiger partial charge in [-0.25, -0.2) is 4.39 Å². The lowest BCUT2D eigenvalue weighted by atomic mass is 10.0. The summed E-state index contributed by atoms with van der Waals surface area (Å²) in [5, 5.41) is 4.01. The van der Waals surface area contributed by atoms with Crippen molar-refractivity contribution in [2.45, 2.75) is 6.92 Å². The number of carbonyl (C=O) groups excluding carboxylic acids is 1. The molecule has 0 saturated heterocycles. The highest BCUT2D eigenvalue weighted by atomic mass is 35.5. The monoisotopic (exact) mass is 404 g/mol. The summed E-state index contributed by atoms with van der Waals surface area (Å²) in [6, 6.07) is 9.30. The first-order valence-electron chi connectivity index (χ1n) is 8.29. The summed E-state index contributed by atoms with van der Waals surface area (Å²) >= 11 is 6.14. The van der Waals surface area contributed by atoms with Crippen LogP contribution in [-0.2, 0) is 0 Å². The van der Waals surface area contributed by atoms with Gasteiger partial charge in [0.2, 0.25) is 0 Å². The molecular weight excluding hydrogens is 387 g/mol. The summed E-state index contributed by atoms with van der Waals surface area (Å²) in [5.74, 6) is 0.238.